The fourth-order valence-electron chi connectivity index (χ4n) is 1.86. The van der Waals surface area contributed by atoms with Crippen LogP contribution in [0.15, 0.2) is 48.5 Å². The van der Waals surface area contributed by atoms with Crippen molar-refractivity contribution in [2.45, 2.75) is 0 Å². The van der Waals surface area contributed by atoms with Gasteiger partial charge in [0.25, 0.3) is 5.91 Å². The van der Waals surface area contributed by atoms with Crippen molar-refractivity contribution < 1.29 is 24.4 Å². The van der Waals surface area contributed by atoms with Crippen LogP contribution in [0.5, 0.6) is 0 Å². The highest BCUT2D eigenvalue weighted by molar-refractivity contribution is 6.58. The summed E-state index contributed by atoms with van der Waals surface area (Å²) in [6, 6.07) is 12.2. The number of rotatable bonds is 4. The summed E-state index contributed by atoms with van der Waals surface area (Å²) in [5, 5.41) is 20.8. The summed E-state index contributed by atoms with van der Waals surface area (Å²) in [5.41, 5.74) is 1.43. The van der Waals surface area contributed by atoms with Crippen LogP contribution in [0.4, 0.5) is 5.69 Å². The molecular formula is C15H14BNO5. The smallest absolute Gasteiger partial charge is 0.465 e. The van der Waals surface area contributed by atoms with Gasteiger partial charge in [-0.2, -0.15) is 0 Å². The minimum absolute atomic E-state index is 0.277. The monoisotopic (exact) mass is 299 g/mol. The lowest BCUT2D eigenvalue weighted by molar-refractivity contribution is 0.0600. The molecule has 0 heterocycles. The Labute approximate surface area is 127 Å². The zero-order valence-corrected chi connectivity index (χ0v) is 11.8. The molecule has 3 N–H and O–H groups in total. The van der Waals surface area contributed by atoms with Crippen LogP contribution >= 0.6 is 0 Å². The van der Waals surface area contributed by atoms with Crippen LogP contribution in [0, 0.1) is 0 Å². The summed E-state index contributed by atoms with van der Waals surface area (Å²) in [5.74, 6) is -0.849. The Morgan fingerprint density at radius 3 is 2.27 bits per heavy atom. The van der Waals surface area contributed by atoms with E-state index in [1.807, 2.05) is 0 Å². The van der Waals surface area contributed by atoms with Gasteiger partial charge in [0.15, 0.2) is 0 Å². The molecule has 0 aromatic heterocycles. The van der Waals surface area contributed by atoms with E-state index in [0.717, 1.165) is 0 Å². The molecule has 112 valence electrons. The summed E-state index contributed by atoms with van der Waals surface area (Å²) in [7, 11) is -0.317. The Morgan fingerprint density at radius 2 is 1.68 bits per heavy atom. The molecule has 1 amide bonds. The van der Waals surface area contributed by atoms with Gasteiger partial charge in [0, 0.05) is 11.3 Å². The first kappa shape index (κ1) is 15.7. The zero-order valence-electron chi connectivity index (χ0n) is 11.8. The second kappa shape index (κ2) is 6.88. The molecule has 0 aliphatic rings. The summed E-state index contributed by atoms with van der Waals surface area (Å²) < 4.78 is 4.58. The van der Waals surface area contributed by atoms with E-state index in [0.29, 0.717) is 16.8 Å². The van der Waals surface area contributed by atoms with E-state index in [9.17, 15) is 9.59 Å². The molecular weight excluding hydrogens is 285 g/mol. The molecule has 0 radical (unpaired) electrons. The van der Waals surface area contributed by atoms with Gasteiger partial charge in [0.05, 0.1) is 12.7 Å². The van der Waals surface area contributed by atoms with Crippen LogP contribution in [0.1, 0.15) is 20.7 Å². The number of hydrogen-bond donors (Lipinski definition) is 3. The number of carbonyl (C=O) groups is 2. The summed E-state index contributed by atoms with van der Waals surface area (Å²) in [6.07, 6.45) is 0. The molecule has 0 saturated carbocycles. The molecule has 2 aromatic carbocycles. The lowest BCUT2D eigenvalue weighted by Crippen LogP contribution is -2.30. The van der Waals surface area contributed by atoms with Gasteiger partial charge in [-0.3, -0.25) is 4.79 Å². The topological polar surface area (TPSA) is 95.9 Å². The van der Waals surface area contributed by atoms with Crippen molar-refractivity contribution in [1.82, 2.24) is 0 Å². The van der Waals surface area contributed by atoms with E-state index in [2.05, 4.69) is 10.1 Å². The number of nitrogens with one attached hydrogen (secondary N) is 1. The van der Waals surface area contributed by atoms with Crippen LogP contribution in [-0.2, 0) is 4.74 Å². The molecule has 6 nitrogen and oxygen atoms in total. The average molecular weight is 299 g/mol. The third kappa shape index (κ3) is 3.72. The number of esters is 1. The largest absolute Gasteiger partial charge is 0.488 e. The van der Waals surface area contributed by atoms with Gasteiger partial charge in [-0.1, -0.05) is 12.1 Å². The van der Waals surface area contributed by atoms with Crippen LogP contribution < -0.4 is 10.8 Å². The fourth-order valence-corrected chi connectivity index (χ4v) is 1.86. The highest BCUT2D eigenvalue weighted by Gasteiger charge is 2.13. The Bertz CT molecular complexity index is 685. The first-order chi connectivity index (χ1) is 10.5. The highest BCUT2D eigenvalue weighted by atomic mass is 16.5. The first-order valence-electron chi connectivity index (χ1n) is 6.47. The lowest BCUT2D eigenvalue weighted by Gasteiger charge is -2.07. The second-order valence-electron chi connectivity index (χ2n) is 4.52. The number of anilines is 1. The summed E-state index contributed by atoms with van der Waals surface area (Å²) in [6.45, 7) is 0. The number of carbonyl (C=O) groups excluding carboxylic acids is 2. The third-order valence-corrected chi connectivity index (χ3v) is 3.01. The van der Waals surface area contributed by atoms with Crippen LogP contribution in [0.3, 0.4) is 0 Å². The normalized spacial score (nSPS) is 9.95. The maximum Gasteiger partial charge on any atom is 0.488 e. The Kier molecular flexibility index (Phi) is 4.93. The Balaban J connectivity index is 2.12. The van der Waals surface area contributed by atoms with E-state index >= 15 is 0 Å². The lowest BCUT2D eigenvalue weighted by atomic mass is 9.80. The van der Waals surface area contributed by atoms with E-state index < -0.39 is 13.1 Å². The molecule has 0 saturated heterocycles. The van der Waals surface area contributed by atoms with Crippen molar-refractivity contribution in [1.29, 1.82) is 0 Å². The minimum atomic E-state index is -1.60. The van der Waals surface area contributed by atoms with Crippen LogP contribution in [0.25, 0.3) is 0 Å². The molecule has 0 unspecified atom stereocenters. The van der Waals surface area contributed by atoms with Crippen molar-refractivity contribution in [2.75, 3.05) is 12.4 Å². The molecule has 0 bridgehead atoms. The molecule has 0 aliphatic carbocycles. The molecule has 0 aliphatic heterocycles. The number of hydrogen-bond acceptors (Lipinski definition) is 5. The zero-order chi connectivity index (χ0) is 16.1. The van der Waals surface area contributed by atoms with E-state index in [1.165, 1.54) is 43.5 Å². The molecule has 0 atom stereocenters. The van der Waals surface area contributed by atoms with E-state index in [4.69, 9.17) is 10.0 Å². The average Bonchev–Trinajstić information content (AvgIpc) is 2.54. The van der Waals surface area contributed by atoms with Crippen molar-refractivity contribution in [3.63, 3.8) is 0 Å². The maximum atomic E-state index is 12.1. The van der Waals surface area contributed by atoms with Crippen molar-refractivity contribution in [3.05, 3.63) is 59.7 Å². The Morgan fingerprint density at radius 1 is 1.05 bits per heavy atom. The van der Waals surface area contributed by atoms with Crippen LogP contribution in [-0.4, -0.2) is 36.2 Å². The van der Waals surface area contributed by atoms with Gasteiger partial charge in [-0.15, -0.1) is 0 Å². The molecule has 2 rings (SSSR count). The minimum Gasteiger partial charge on any atom is -0.465 e. The van der Waals surface area contributed by atoms with Gasteiger partial charge in [-0.05, 0) is 41.9 Å². The quantitative estimate of drug-likeness (QED) is 0.561. The van der Waals surface area contributed by atoms with Gasteiger partial charge in [-0.25, -0.2) is 4.79 Å². The number of amides is 1. The predicted molar refractivity (Wildman–Crippen MR) is 82.0 cm³/mol. The van der Waals surface area contributed by atoms with Gasteiger partial charge in [0.1, 0.15) is 0 Å². The third-order valence-electron chi connectivity index (χ3n) is 3.01. The molecule has 2 aromatic rings. The van der Waals surface area contributed by atoms with Crippen molar-refractivity contribution in [2.24, 2.45) is 0 Å². The van der Waals surface area contributed by atoms with Crippen molar-refractivity contribution >= 4 is 30.1 Å². The summed E-state index contributed by atoms with van der Waals surface area (Å²) >= 11 is 0. The van der Waals surface area contributed by atoms with E-state index in [-0.39, 0.29) is 11.4 Å². The number of ether oxygens (including phenoxy) is 1. The van der Waals surface area contributed by atoms with Gasteiger partial charge in [0.2, 0.25) is 0 Å². The Hall–Kier alpha value is -2.64. The van der Waals surface area contributed by atoms with E-state index in [1.54, 1.807) is 12.1 Å². The number of methoxy groups -OCH3 is 1. The standard InChI is InChI=1S/C15H14BNO5/c1-22-15(19)11-7-5-10(6-8-11)14(18)17-13-4-2-3-12(9-13)16(20)21/h2-9,20-21H,1H3,(H,17,18). The summed E-state index contributed by atoms with van der Waals surface area (Å²) in [4.78, 5) is 23.4. The first-order valence-corrected chi connectivity index (χ1v) is 6.47. The molecule has 0 spiro atoms. The number of benzene rings is 2. The molecule has 0 fully saturated rings. The van der Waals surface area contributed by atoms with Crippen LogP contribution in [0.2, 0.25) is 0 Å². The molecule has 7 heteroatoms. The molecule has 22 heavy (non-hydrogen) atoms. The highest BCUT2D eigenvalue weighted by Crippen LogP contribution is 2.10. The second-order valence-corrected chi connectivity index (χ2v) is 4.52. The van der Waals surface area contributed by atoms with Gasteiger partial charge >= 0.3 is 13.1 Å². The van der Waals surface area contributed by atoms with Gasteiger partial charge < -0.3 is 20.1 Å². The maximum absolute atomic E-state index is 12.1. The van der Waals surface area contributed by atoms with Crippen molar-refractivity contribution in [3.8, 4) is 0 Å². The SMILES string of the molecule is COC(=O)c1ccc(C(=O)Nc2cccc(B(O)O)c2)cc1. The predicted octanol–water partition coefficient (Wildman–Crippen LogP) is 0.405. The fraction of sp³-hybridized carbons (Fsp3) is 0.0667.